The summed E-state index contributed by atoms with van der Waals surface area (Å²) in [6.45, 7) is 5.90. The van der Waals surface area contributed by atoms with Crippen LogP contribution in [0.25, 0.3) is 17.2 Å². The van der Waals surface area contributed by atoms with Gasteiger partial charge in [0.25, 0.3) is 0 Å². The number of amides is 1. The molecule has 0 fully saturated rings. The number of rotatable bonds is 6. The molecule has 0 bridgehead atoms. The lowest BCUT2D eigenvalue weighted by atomic mass is 10.2. The van der Waals surface area contributed by atoms with Crippen molar-refractivity contribution in [2.24, 2.45) is 0 Å². The molecule has 148 valence electrons. The van der Waals surface area contributed by atoms with E-state index in [0.717, 1.165) is 0 Å². The van der Waals surface area contributed by atoms with Crippen molar-refractivity contribution in [3.05, 3.63) is 30.2 Å². The number of aromatic nitrogens is 4. The monoisotopic (exact) mass is 388 g/mol. The van der Waals surface area contributed by atoms with Crippen LogP contribution in [0.3, 0.4) is 0 Å². The molecule has 3 aromatic heterocycles. The van der Waals surface area contributed by atoms with Crippen LogP contribution < -0.4 is 10.6 Å². The standard InChI is InChI=1S/C17H20N6O5/c1-17(2,3)28-16(26)19-7-6-18-15-20-9-10(14(24)25)13-21-12(22-23(13)15)11-5-4-8-27-11/h4-5,8-9H,6-7H2,1-3H3,(H,18,20)(H,19,26)(H,24,25). The van der Waals surface area contributed by atoms with Gasteiger partial charge in [0.05, 0.1) is 6.26 Å². The molecule has 0 spiro atoms. The summed E-state index contributed by atoms with van der Waals surface area (Å²) in [7, 11) is 0. The van der Waals surface area contributed by atoms with Crippen molar-refractivity contribution in [2.45, 2.75) is 26.4 Å². The van der Waals surface area contributed by atoms with Gasteiger partial charge in [-0.05, 0) is 32.9 Å². The summed E-state index contributed by atoms with van der Waals surface area (Å²) >= 11 is 0. The molecular weight excluding hydrogens is 368 g/mol. The Kier molecular flexibility index (Phi) is 5.16. The molecule has 0 unspecified atom stereocenters. The van der Waals surface area contributed by atoms with Gasteiger partial charge in [0.1, 0.15) is 11.2 Å². The molecule has 28 heavy (non-hydrogen) atoms. The first-order chi connectivity index (χ1) is 13.2. The lowest BCUT2D eigenvalue weighted by Crippen LogP contribution is -2.35. The molecule has 1 amide bonds. The Labute approximate surface area is 159 Å². The zero-order valence-electron chi connectivity index (χ0n) is 15.6. The summed E-state index contributed by atoms with van der Waals surface area (Å²) in [6.07, 6.45) is 2.13. The van der Waals surface area contributed by atoms with Crippen LogP contribution in [0, 0.1) is 0 Å². The Hall–Kier alpha value is -3.63. The van der Waals surface area contributed by atoms with Gasteiger partial charge >= 0.3 is 12.1 Å². The summed E-state index contributed by atoms with van der Waals surface area (Å²) in [6, 6.07) is 3.35. The molecule has 3 rings (SSSR count). The second kappa shape index (κ2) is 7.55. The minimum Gasteiger partial charge on any atom is -0.477 e. The topological polar surface area (TPSA) is 144 Å². The van der Waals surface area contributed by atoms with E-state index < -0.39 is 17.7 Å². The predicted octanol–water partition coefficient (Wildman–Crippen LogP) is 2.02. The molecule has 3 aromatic rings. The number of carboxylic acid groups (broad SMARTS) is 1. The van der Waals surface area contributed by atoms with Gasteiger partial charge in [-0.1, -0.05) is 0 Å². The molecule has 11 nitrogen and oxygen atoms in total. The van der Waals surface area contributed by atoms with Gasteiger partial charge in [0.15, 0.2) is 11.4 Å². The van der Waals surface area contributed by atoms with Gasteiger partial charge in [-0.15, -0.1) is 5.10 Å². The molecule has 0 radical (unpaired) electrons. The van der Waals surface area contributed by atoms with Crippen LogP contribution in [0.2, 0.25) is 0 Å². The van der Waals surface area contributed by atoms with Gasteiger partial charge < -0.3 is 24.9 Å². The average molecular weight is 388 g/mol. The first-order valence-corrected chi connectivity index (χ1v) is 8.48. The van der Waals surface area contributed by atoms with Gasteiger partial charge in [0.2, 0.25) is 11.8 Å². The van der Waals surface area contributed by atoms with E-state index in [1.807, 2.05) is 0 Å². The third-order valence-corrected chi connectivity index (χ3v) is 3.41. The Morgan fingerprint density at radius 3 is 2.75 bits per heavy atom. The number of nitrogens with zero attached hydrogens (tertiary/aromatic N) is 4. The number of furan rings is 1. The van der Waals surface area contributed by atoms with Crippen LogP contribution in [0.15, 0.2) is 29.0 Å². The minimum absolute atomic E-state index is 0.0947. The smallest absolute Gasteiger partial charge is 0.407 e. The van der Waals surface area contributed by atoms with Crippen LogP contribution in [0.5, 0.6) is 0 Å². The highest BCUT2D eigenvalue weighted by Gasteiger charge is 2.19. The van der Waals surface area contributed by atoms with Crippen LogP contribution >= 0.6 is 0 Å². The predicted molar refractivity (Wildman–Crippen MR) is 98.2 cm³/mol. The largest absolute Gasteiger partial charge is 0.477 e. The van der Waals surface area contributed by atoms with Crippen molar-refractivity contribution in [1.82, 2.24) is 24.9 Å². The summed E-state index contributed by atoms with van der Waals surface area (Å²) in [5.41, 5.74) is -0.555. The maximum Gasteiger partial charge on any atom is 0.407 e. The fourth-order valence-electron chi connectivity index (χ4n) is 2.31. The fourth-order valence-corrected chi connectivity index (χ4v) is 2.31. The molecule has 0 saturated heterocycles. The van der Waals surface area contributed by atoms with E-state index in [4.69, 9.17) is 9.15 Å². The van der Waals surface area contributed by atoms with Crippen molar-refractivity contribution in [2.75, 3.05) is 18.4 Å². The van der Waals surface area contributed by atoms with Crippen molar-refractivity contribution >= 4 is 23.7 Å². The number of alkyl carbamates (subject to hydrolysis) is 1. The van der Waals surface area contributed by atoms with Gasteiger partial charge in [-0.2, -0.15) is 4.52 Å². The summed E-state index contributed by atoms with van der Waals surface area (Å²) in [5, 5.41) is 19.2. The third kappa shape index (κ3) is 4.37. The Bertz CT molecular complexity index is 990. The molecule has 0 aliphatic carbocycles. The van der Waals surface area contributed by atoms with E-state index >= 15 is 0 Å². The molecular formula is C17H20N6O5. The maximum absolute atomic E-state index is 11.7. The van der Waals surface area contributed by atoms with E-state index in [1.165, 1.54) is 17.0 Å². The Morgan fingerprint density at radius 2 is 2.11 bits per heavy atom. The fraction of sp³-hybridized carbons (Fsp3) is 0.353. The number of anilines is 1. The third-order valence-electron chi connectivity index (χ3n) is 3.41. The Morgan fingerprint density at radius 1 is 1.32 bits per heavy atom. The number of aromatic carboxylic acids is 1. The zero-order valence-corrected chi connectivity index (χ0v) is 15.6. The highest BCUT2D eigenvalue weighted by Crippen LogP contribution is 2.20. The van der Waals surface area contributed by atoms with Crippen molar-refractivity contribution in [3.63, 3.8) is 0 Å². The number of hydrogen-bond acceptors (Lipinski definition) is 8. The number of nitrogens with one attached hydrogen (secondary N) is 2. The second-order valence-electron chi connectivity index (χ2n) is 6.80. The summed E-state index contributed by atoms with van der Waals surface area (Å²) in [5.74, 6) is -0.265. The van der Waals surface area contributed by atoms with E-state index in [2.05, 4.69) is 25.7 Å². The van der Waals surface area contributed by atoms with Crippen molar-refractivity contribution in [1.29, 1.82) is 0 Å². The highest BCUT2D eigenvalue weighted by atomic mass is 16.6. The normalized spacial score (nSPS) is 11.4. The van der Waals surface area contributed by atoms with Crippen LogP contribution in [-0.4, -0.2) is 55.4 Å². The number of carbonyl (C=O) groups is 2. The summed E-state index contributed by atoms with van der Waals surface area (Å²) in [4.78, 5) is 31.4. The molecule has 3 heterocycles. The van der Waals surface area contributed by atoms with Gasteiger partial charge in [-0.25, -0.2) is 19.6 Å². The van der Waals surface area contributed by atoms with Crippen LogP contribution in [0.1, 0.15) is 31.1 Å². The molecule has 3 N–H and O–H groups in total. The quantitative estimate of drug-likeness (QED) is 0.540. The number of ether oxygens (including phenoxy) is 1. The first kappa shape index (κ1) is 19.1. The number of hydrogen-bond donors (Lipinski definition) is 3. The molecule has 0 aliphatic heterocycles. The Balaban J connectivity index is 1.75. The van der Waals surface area contributed by atoms with E-state index in [1.54, 1.807) is 32.9 Å². The molecule has 0 aliphatic rings. The lowest BCUT2D eigenvalue weighted by Gasteiger charge is -2.19. The lowest BCUT2D eigenvalue weighted by molar-refractivity contribution is 0.0529. The minimum atomic E-state index is -1.17. The molecule has 0 atom stereocenters. The van der Waals surface area contributed by atoms with Gasteiger partial charge in [-0.3, -0.25) is 0 Å². The van der Waals surface area contributed by atoms with Crippen LogP contribution in [-0.2, 0) is 4.74 Å². The highest BCUT2D eigenvalue weighted by molar-refractivity contribution is 5.94. The maximum atomic E-state index is 11.7. The van der Waals surface area contributed by atoms with Crippen LogP contribution in [0.4, 0.5) is 10.7 Å². The number of carboxylic acids is 1. The first-order valence-electron chi connectivity index (χ1n) is 8.48. The van der Waals surface area contributed by atoms with E-state index in [9.17, 15) is 14.7 Å². The van der Waals surface area contributed by atoms with Crippen molar-refractivity contribution in [3.8, 4) is 11.6 Å². The number of carbonyl (C=O) groups excluding carboxylic acids is 1. The molecule has 0 aromatic carbocycles. The average Bonchev–Trinajstić information content (AvgIpc) is 3.25. The number of fused-ring (bicyclic) bond motifs is 1. The van der Waals surface area contributed by atoms with Crippen molar-refractivity contribution < 1.29 is 23.8 Å². The SMILES string of the molecule is CC(C)(C)OC(=O)NCCNc1ncc(C(=O)O)c2nc(-c3ccco3)nn12. The zero-order chi connectivity index (χ0) is 20.3. The van der Waals surface area contributed by atoms with Gasteiger partial charge in [0, 0.05) is 19.3 Å². The summed E-state index contributed by atoms with van der Waals surface area (Å²) < 4.78 is 11.7. The molecule has 0 saturated carbocycles. The molecule has 11 heteroatoms. The van der Waals surface area contributed by atoms with E-state index in [-0.39, 0.29) is 29.5 Å². The second-order valence-corrected chi connectivity index (χ2v) is 6.80. The van der Waals surface area contributed by atoms with E-state index in [0.29, 0.717) is 12.3 Å².